The van der Waals surface area contributed by atoms with E-state index in [9.17, 15) is 0 Å². The molecule has 0 aliphatic carbocycles. The summed E-state index contributed by atoms with van der Waals surface area (Å²) in [7, 11) is 0. The predicted molar refractivity (Wildman–Crippen MR) is 88.8 cm³/mol. The van der Waals surface area contributed by atoms with Crippen LogP contribution in [0, 0.1) is 13.2 Å². The van der Waals surface area contributed by atoms with Gasteiger partial charge in [-0.25, -0.2) is 6.08 Å². The number of hydrogen-bond donors (Lipinski definition) is 0. The maximum absolute atomic E-state index is 5.28. The molecule has 1 aromatic heterocycles. The third-order valence-corrected chi connectivity index (χ3v) is 2.86. The molecule has 0 atom stereocenters. The summed E-state index contributed by atoms with van der Waals surface area (Å²) in [6.07, 6.45) is 8.38. The molecule has 0 aliphatic rings. The number of hydrogen-bond acceptors (Lipinski definition) is 1. The summed E-state index contributed by atoms with van der Waals surface area (Å²) in [5.41, 5.74) is 2.00. The number of rotatable bonds is 4. The van der Waals surface area contributed by atoms with Gasteiger partial charge < -0.3 is 0 Å². The molecule has 0 N–H and O–H groups in total. The maximum atomic E-state index is 5.28. The second kappa shape index (κ2) is 19.2. The van der Waals surface area contributed by atoms with Crippen molar-refractivity contribution < 1.29 is 0 Å². The molecule has 0 unspecified atom stereocenters. The van der Waals surface area contributed by atoms with Gasteiger partial charge in [-0.05, 0) is 0 Å². The monoisotopic (exact) mass is 370 g/mol. The Labute approximate surface area is 135 Å². The van der Waals surface area contributed by atoms with E-state index in [1.165, 1.54) is 25.7 Å². The topological polar surface area (TPSA) is 0 Å². The molecule has 0 nitrogen and oxygen atoms in total. The fourth-order valence-electron chi connectivity index (χ4n) is 0.588. The summed E-state index contributed by atoms with van der Waals surface area (Å²) >= 11 is 1.59. The van der Waals surface area contributed by atoms with Gasteiger partial charge in [-0.1, -0.05) is 64.3 Å². The second-order valence-electron chi connectivity index (χ2n) is 3.62. The van der Waals surface area contributed by atoms with Gasteiger partial charge in [-0.15, -0.1) is 11.3 Å². The van der Waals surface area contributed by atoms with Crippen LogP contribution in [0.5, 0.6) is 0 Å². The van der Waals surface area contributed by atoms with Crippen LogP contribution in [0.4, 0.5) is 0 Å². The van der Waals surface area contributed by atoms with Gasteiger partial charge in [-0.3, -0.25) is 6.58 Å². The van der Waals surface area contributed by atoms with E-state index in [0.29, 0.717) is 0 Å². The number of unbranched alkanes of at least 4 members (excludes halogenated alkanes) is 2. The maximum Gasteiger partial charge on any atom is 0.142 e. The first-order valence-corrected chi connectivity index (χ1v) is 7.31. The summed E-state index contributed by atoms with van der Waals surface area (Å²) in [6.45, 7) is 19.3. The standard InChI is InChI=1S/C8H6S.2C4H10.Sn/c1-3-7-5-9-6-8(7)4-2;2*1-3-4-2;/h1-6H;2*3-4H2,1-2H3;. The minimum Gasteiger partial charge on any atom is -0.291 e. The molecule has 0 aliphatic heterocycles. The van der Waals surface area contributed by atoms with Gasteiger partial charge in [0.05, 0.1) is 10.9 Å². The van der Waals surface area contributed by atoms with Crippen LogP contribution in [0.2, 0.25) is 0 Å². The van der Waals surface area contributed by atoms with Crippen molar-refractivity contribution in [1.82, 2.24) is 0 Å². The van der Waals surface area contributed by atoms with E-state index in [0.717, 1.165) is 11.1 Å². The SMILES string of the molecule is CCCC.CCCC.[CH+]=Cc1cscc1C=[CH-].[Sn]. The first kappa shape index (κ1) is 23.0. The molecular formula is C16H26SSn. The van der Waals surface area contributed by atoms with Crippen LogP contribution >= 0.6 is 11.3 Å². The Morgan fingerprint density at radius 2 is 1.39 bits per heavy atom. The van der Waals surface area contributed by atoms with E-state index in [2.05, 4.69) is 27.7 Å². The van der Waals surface area contributed by atoms with Crippen molar-refractivity contribution in [3.63, 3.8) is 0 Å². The smallest absolute Gasteiger partial charge is 0.142 e. The van der Waals surface area contributed by atoms with E-state index < -0.39 is 0 Å². The molecule has 1 heterocycles. The van der Waals surface area contributed by atoms with E-state index >= 15 is 0 Å². The van der Waals surface area contributed by atoms with Gasteiger partial charge in [0.1, 0.15) is 6.08 Å². The van der Waals surface area contributed by atoms with Crippen LogP contribution in [0.25, 0.3) is 12.2 Å². The zero-order chi connectivity index (χ0) is 13.5. The average molecular weight is 369 g/mol. The Kier molecular flexibility index (Phi) is 24.6. The Hall–Kier alpha value is -0.111. The van der Waals surface area contributed by atoms with Gasteiger partial charge in [0, 0.05) is 30.5 Å². The first-order valence-electron chi connectivity index (χ1n) is 6.37. The van der Waals surface area contributed by atoms with Gasteiger partial charge in [-0.2, -0.15) is 0 Å². The third-order valence-electron chi connectivity index (χ3n) is 2.08. The second-order valence-corrected chi connectivity index (χ2v) is 4.36. The summed E-state index contributed by atoms with van der Waals surface area (Å²) in [4.78, 5) is 0. The zero-order valence-electron chi connectivity index (χ0n) is 12.2. The van der Waals surface area contributed by atoms with E-state index in [1.54, 1.807) is 23.5 Å². The molecule has 1 rings (SSSR count). The van der Waals surface area contributed by atoms with Gasteiger partial charge in [0.2, 0.25) is 0 Å². The Bertz CT molecular complexity index is 246. The van der Waals surface area contributed by atoms with Gasteiger partial charge in [0.15, 0.2) is 0 Å². The van der Waals surface area contributed by atoms with Crippen molar-refractivity contribution in [2.45, 2.75) is 53.4 Å². The van der Waals surface area contributed by atoms with Crippen LogP contribution in [0.15, 0.2) is 10.8 Å². The van der Waals surface area contributed by atoms with Gasteiger partial charge in [0.25, 0.3) is 0 Å². The molecule has 4 radical (unpaired) electrons. The summed E-state index contributed by atoms with van der Waals surface area (Å²) < 4.78 is 0. The molecule has 1 aromatic rings. The fourth-order valence-corrected chi connectivity index (χ4v) is 1.38. The molecule has 0 aromatic carbocycles. The number of thiophene rings is 1. The molecule has 0 amide bonds. The quantitative estimate of drug-likeness (QED) is 0.460. The average Bonchev–Trinajstić information content (AvgIpc) is 2.86. The van der Waals surface area contributed by atoms with Crippen molar-refractivity contribution in [2.75, 3.05) is 0 Å². The van der Waals surface area contributed by atoms with Gasteiger partial charge >= 0.3 is 0 Å². The Morgan fingerprint density at radius 3 is 1.61 bits per heavy atom. The third kappa shape index (κ3) is 14.0. The van der Waals surface area contributed by atoms with Crippen molar-refractivity contribution in [1.29, 1.82) is 0 Å². The van der Waals surface area contributed by atoms with Crippen molar-refractivity contribution >= 4 is 47.4 Å². The molecular weight excluding hydrogens is 343 g/mol. The van der Waals surface area contributed by atoms with Crippen molar-refractivity contribution in [3.05, 3.63) is 35.0 Å². The largest absolute Gasteiger partial charge is 0.291 e. The normalized spacial score (nSPS) is 7.72. The van der Waals surface area contributed by atoms with Crippen molar-refractivity contribution in [2.24, 2.45) is 0 Å². The Morgan fingerprint density at radius 1 is 1.00 bits per heavy atom. The van der Waals surface area contributed by atoms with Crippen LogP contribution in [0.3, 0.4) is 0 Å². The zero-order valence-corrected chi connectivity index (χ0v) is 15.9. The van der Waals surface area contributed by atoms with Crippen LogP contribution < -0.4 is 0 Å². The van der Waals surface area contributed by atoms with Crippen LogP contribution in [-0.2, 0) is 0 Å². The summed E-state index contributed by atoms with van der Waals surface area (Å²) in [5, 5.41) is 3.91. The minimum absolute atomic E-state index is 0. The van der Waals surface area contributed by atoms with E-state index in [4.69, 9.17) is 13.2 Å². The van der Waals surface area contributed by atoms with E-state index in [-0.39, 0.29) is 23.9 Å². The molecule has 0 fully saturated rings. The summed E-state index contributed by atoms with van der Waals surface area (Å²) in [6, 6.07) is 0. The molecule has 0 saturated heterocycles. The molecule has 18 heavy (non-hydrogen) atoms. The van der Waals surface area contributed by atoms with Crippen molar-refractivity contribution in [3.8, 4) is 0 Å². The molecule has 0 bridgehead atoms. The molecule has 0 spiro atoms. The predicted octanol–water partition coefficient (Wildman–Crippen LogP) is 5.87. The first-order chi connectivity index (χ1) is 8.21. The van der Waals surface area contributed by atoms with E-state index in [1.807, 2.05) is 10.8 Å². The molecule has 0 saturated carbocycles. The molecule has 2 heteroatoms. The minimum atomic E-state index is 0. The summed E-state index contributed by atoms with van der Waals surface area (Å²) in [5.74, 6) is 0. The van der Waals surface area contributed by atoms with Crippen LogP contribution in [-0.4, -0.2) is 23.9 Å². The fraction of sp³-hybridized carbons (Fsp3) is 0.500. The van der Waals surface area contributed by atoms with Crippen LogP contribution in [0.1, 0.15) is 64.5 Å². The Balaban J connectivity index is -0.000000214. The molecule has 100 valence electrons.